The number of carbonyl (C=O) groups is 4. The molecule has 1 heterocycles. The number of hydrogen-bond donors (Lipinski definition) is 1. The molecule has 2 amide bonds. The van der Waals surface area contributed by atoms with Crippen LogP contribution in [-0.4, -0.2) is 52.5 Å². The number of amides is 2. The first-order valence-corrected chi connectivity index (χ1v) is 13.7. The molecule has 1 saturated heterocycles. The van der Waals surface area contributed by atoms with Crippen molar-refractivity contribution in [3.05, 3.63) is 71.8 Å². The Kier molecular flexibility index (Phi) is 6.47. The Morgan fingerprint density at radius 2 is 1.53 bits per heavy atom. The van der Waals surface area contributed by atoms with E-state index in [0.717, 1.165) is 22.3 Å². The van der Waals surface area contributed by atoms with Crippen molar-refractivity contribution in [2.75, 3.05) is 13.7 Å². The van der Waals surface area contributed by atoms with Crippen molar-refractivity contribution in [1.82, 2.24) is 4.90 Å². The van der Waals surface area contributed by atoms with Gasteiger partial charge in [-0.1, -0.05) is 76.6 Å². The van der Waals surface area contributed by atoms with Crippen molar-refractivity contribution in [2.24, 2.45) is 16.7 Å². The molecule has 3 N–H and O–H groups in total. The smallest absolute Gasteiger partial charge is 0.364 e. The molecule has 5 rings (SSSR count). The van der Waals surface area contributed by atoms with Gasteiger partial charge in [-0.2, -0.15) is 0 Å². The molecule has 198 valence electrons. The van der Waals surface area contributed by atoms with Crippen LogP contribution in [0.15, 0.2) is 60.7 Å². The average Bonchev–Trinajstić information content (AvgIpc) is 3.31. The monoisotopic (exact) mass is 579 g/mol. The number of quaternary nitrogens is 1. The molecule has 1 aliphatic heterocycles. The molecule has 7 nitrogen and oxygen atoms in total. The van der Waals surface area contributed by atoms with Gasteiger partial charge in [0.25, 0.3) is 0 Å². The van der Waals surface area contributed by atoms with Crippen LogP contribution >= 0.6 is 15.9 Å². The third-order valence-electron chi connectivity index (χ3n) is 8.81. The van der Waals surface area contributed by atoms with Crippen LogP contribution in [0, 0.1) is 16.7 Å². The summed E-state index contributed by atoms with van der Waals surface area (Å²) in [6, 6.07) is 18.9. The van der Waals surface area contributed by atoms with Gasteiger partial charge in [0, 0.05) is 13.0 Å². The van der Waals surface area contributed by atoms with Crippen LogP contribution in [-0.2, 0) is 23.9 Å². The number of likely N-dealkylation sites (tertiary alicyclic amines) is 1. The van der Waals surface area contributed by atoms with E-state index in [-0.39, 0.29) is 30.1 Å². The summed E-state index contributed by atoms with van der Waals surface area (Å²) in [4.78, 5) is 55.5. The predicted octanol–water partition coefficient (Wildman–Crippen LogP) is 3.28. The summed E-state index contributed by atoms with van der Waals surface area (Å²) >= 11 is 3.77. The first kappa shape index (κ1) is 26.5. The number of hydrogen-bond acceptors (Lipinski definition) is 5. The zero-order valence-corrected chi connectivity index (χ0v) is 23.4. The van der Waals surface area contributed by atoms with Crippen LogP contribution in [0.3, 0.4) is 0 Å². The normalized spacial score (nSPS) is 30.7. The predicted molar refractivity (Wildman–Crippen MR) is 145 cm³/mol. The standard InChI is InChI=1S/C30H31BrN2O5/c1-28-21(18-12-6-4-7-13-18)22(19-14-8-5-9-15-19)29(2,26(28)36)30(31)23(28)24(34)33(27(30)37)17-11-10-16-20(32)25(35)38-3/h4-9,12-15,20,23H,10-11,16-17,32H2,1-3H3/p+1/t20-,23?,28?,29?,30?/m0/s1. The molecule has 2 aromatic rings. The Hall–Kier alpha value is -3.10. The summed E-state index contributed by atoms with van der Waals surface area (Å²) < 4.78 is 3.35. The van der Waals surface area contributed by atoms with E-state index >= 15 is 0 Å². The minimum atomic E-state index is -1.38. The molecule has 8 heteroatoms. The number of benzene rings is 2. The van der Waals surface area contributed by atoms with E-state index in [1.54, 1.807) is 0 Å². The van der Waals surface area contributed by atoms with Crippen LogP contribution in [0.4, 0.5) is 0 Å². The summed E-state index contributed by atoms with van der Waals surface area (Å²) in [5, 5.41) is 0. The number of methoxy groups -OCH3 is 1. The Balaban J connectivity index is 1.56. The van der Waals surface area contributed by atoms with Crippen LogP contribution in [0.25, 0.3) is 11.1 Å². The number of ketones is 1. The lowest BCUT2D eigenvalue weighted by Gasteiger charge is -2.41. The molecule has 2 aliphatic carbocycles. The van der Waals surface area contributed by atoms with Gasteiger partial charge in [0.05, 0.1) is 23.9 Å². The quantitative estimate of drug-likeness (QED) is 0.223. The Morgan fingerprint density at radius 1 is 0.974 bits per heavy atom. The minimum absolute atomic E-state index is 0.107. The van der Waals surface area contributed by atoms with Crippen LogP contribution in [0.5, 0.6) is 0 Å². The number of unbranched alkanes of at least 4 members (excludes halogenated alkanes) is 1. The number of carbonyl (C=O) groups excluding carboxylic acids is 4. The Bertz CT molecular complexity index is 1360. The van der Waals surface area contributed by atoms with Gasteiger partial charge in [-0.15, -0.1) is 0 Å². The summed E-state index contributed by atoms with van der Waals surface area (Å²) in [6.45, 7) is 3.87. The molecule has 5 atom stereocenters. The summed E-state index contributed by atoms with van der Waals surface area (Å²) in [5.74, 6) is -2.05. The molecule has 0 spiro atoms. The fraction of sp³-hybridized carbons (Fsp3) is 0.400. The van der Waals surface area contributed by atoms with E-state index in [4.69, 9.17) is 4.74 Å². The Labute approximate surface area is 230 Å². The highest BCUT2D eigenvalue weighted by Gasteiger charge is 2.85. The maximum Gasteiger partial charge on any atom is 0.364 e. The van der Waals surface area contributed by atoms with Crippen molar-refractivity contribution < 1.29 is 29.6 Å². The summed E-state index contributed by atoms with van der Waals surface area (Å²) in [7, 11) is 1.33. The van der Waals surface area contributed by atoms with Gasteiger partial charge >= 0.3 is 5.97 Å². The molecular formula is C30H32BrN2O5+. The number of Topliss-reactive ketones (excluding diaryl/α,β-unsaturated/α-hetero) is 1. The first-order chi connectivity index (χ1) is 18.1. The van der Waals surface area contributed by atoms with Crippen LogP contribution in [0.2, 0.25) is 0 Å². The van der Waals surface area contributed by atoms with Gasteiger partial charge in [0.1, 0.15) is 4.32 Å². The average molecular weight is 580 g/mol. The van der Waals surface area contributed by atoms with Crippen LogP contribution < -0.4 is 5.73 Å². The zero-order valence-electron chi connectivity index (χ0n) is 21.8. The second-order valence-corrected chi connectivity index (χ2v) is 12.0. The number of esters is 1. The molecule has 0 radical (unpaired) electrons. The van der Waals surface area contributed by atoms with E-state index < -0.39 is 27.1 Å². The largest absolute Gasteiger partial charge is 0.465 e. The molecule has 4 unspecified atom stereocenters. The number of imide groups is 1. The van der Waals surface area contributed by atoms with Crippen molar-refractivity contribution in [2.45, 2.75) is 43.5 Å². The van der Waals surface area contributed by atoms with Gasteiger partial charge in [-0.3, -0.25) is 19.3 Å². The number of fused-ring (bicyclic) bond motifs is 5. The Morgan fingerprint density at radius 3 is 2.08 bits per heavy atom. The number of allylic oxidation sites excluding steroid dienone is 2. The molecule has 2 aromatic carbocycles. The van der Waals surface area contributed by atoms with Crippen molar-refractivity contribution >= 4 is 50.6 Å². The molecule has 0 aromatic heterocycles. The number of rotatable bonds is 8. The van der Waals surface area contributed by atoms with Gasteiger partial charge in [0.15, 0.2) is 11.8 Å². The maximum atomic E-state index is 14.4. The van der Waals surface area contributed by atoms with Gasteiger partial charge in [-0.05, 0) is 49.0 Å². The molecule has 38 heavy (non-hydrogen) atoms. The number of nitrogens with zero attached hydrogens (tertiary/aromatic N) is 1. The van der Waals surface area contributed by atoms with Gasteiger partial charge in [0.2, 0.25) is 11.8 Å². The third-order valence-corrected chi connectivity index (χ3v) is 10.4. The maximum absolute atomic E-state index is 14.4. The molecule has 1 saturated carbocycles. The number of alkyl halides is 1. The van der Waals surface area contributed by atoms with Crippen molar-refractivity contribution in [3.8, 4) is 0 Å². The topological polar surface area (TPSA) is 108 Å². The first-order valence-electron chi connectivity index (χ1n) is 12.9. The molecule has 2 fully saturated rings. The van der Waals surface area contributed by atoms with E-state index in [1.807, 2.05) is 74.5 Å². The van der Waals surface area contributed by atoms with E-state index in [9.17, 15) is 19.2 Å². The zero-order chi connectivity index (χ0) is 27.5. The fourth-order valence-electron chi connectivity index (χ4n) is 7.02. The molecule has 2 bridgehead atoms. The highest BCUT2D eigenvalue weighted by atomic mass is 79.9. The van der Waals surface area contributed by atoms with Gasteiger partial charge < -0.3 is 10.5 Å². The number of halogens is 1. The third kappa shape index (κ3) is 3.29. The van der Waals surface area contributed by atoms with E-state index in [0.29, 0.717) is 19.3 Å². The van der Waals surface area contributed by atoms with E-state index in [2.05, 4.69) is 21.7 Å². The lowest BCUT2D eigenvalue weighted by Crippen LogP contribution is -2.65. The van der Waals surface area contributed by atoms with Gasteiger partial charge in [-0.25, -0.2) is 4.79 Å². The number of ether oxygens (including phenoxy) is 1. The van der Waals surface area contributed by atoms with Crippen LogP contribution in [0.1, 0.15) is 44.2 Å². The molecular weight excluding hydrogens is 548 g/mol. The highest BCUT2D eigenvalue weighted by Crippen LogP contribution is 2.77. The fourth-order valence-corrected chi connectivity index (χ4v) is 8.26. The van der Waals surface area contributed by atoms with E-state index in [1.165, 1.54) is 12.0 Å². The SMILES string of the molecule is COC(=O)[C@@H]([NH3+])CCCCN1C(=O)C2C3(C)C(=O)C(C)(C(c4ccccc4)=C3c3ccccc3)C2(Br)C1=O. The highest BCUT2D eigenvalue weighted by molar-refractivity contribution is 9.10. The second kappa shape index (κ2) is 9.27. The second-order valence-electron chi connectivity index (χ2n) is 10.8. The van der Waals surface area contributed by atoms with Crippen molar-refractivity contribution in [3.63, 3.8) is 0 Å². The lowest BCUT2D eigenvalue weighted by molar-refractivity contribution is -0.409. The minimum Gasteiger partial charge on any atom is -0.465 e. The molecule has 3 aliphatic rings. The lowest BCUT2D eigenvalue weighted by atomic mass is 9.63. The van der Waals surface area contributed by atoms with Crippen molar-refractivity contribution in [1.29, 1.82) is 0 Å². The summed E-state index contributed by atoms with van der Waals surface area (Å²) in [5.41, 5.74) is 4.75. The summed E-state index contributed by atoms with van der Waals surface area (Å²) in [6.07, 6.45) is 1.64.